The van der Waals surface area contributed by atoms with E-state index in [0.29, 0.717) is 17.8 Å². The second-order valence-corrected chi connectivity index (χ2v) is 4.50. The van der Waals surface area contributed by atoms with E-state index in [4.69, 9.17) is 5.73 Å². The molecule has 0 atom stereocenters. The molecule has 2 N–H and O–H groups in total. The summed E-state index contributed by atoms with van der Waals surface area (Å²) in [4.78, 5) is 14.7. The lowest BCUT2D eigenvalue weighted by atomic mass is 10.1. The van der Waals surface area contributed by atoms with Crippen LogP contribution in [0.3, 0.4) is 0 Å². The molecule has 0 unspecified atom stereocenters. The molecule has 2 aromatic carbocycles. The number of nitrogens with two attached hydrogens (primary N) is 1. The minimum atomic E-state index is -0.422. The lowest BCUT2D eigenvalue weighted by Crippen LogP contribution is -2.03. The molecule has 100 valence electrons. The molecule has 0 spiro atoms. The van der Waals surface area contributed by atoms with Crippen LogP contribution in [0.25, 0.3) is 11.0 Å². The summed E-state index contributed by atoms with van der Waals surface area (Å²) < 4.78 is 1.92. The number of rotatable bonds is 3. The number of aromatic nitrogens is 2. The number of hydrogen-bond donors (Lipinski definition) is 1. The number of nitro groups is 1. The van der Waals surface area contributed by atoms with Gasteiger partial charge < -0.3 is 10.3 Å². The molecule has 20 heavy (non-hydrogen) atoms. The van der Waals surface area contributed by atoms with Gasteiger partial charge in [0.1, 0.15) is 0 Å². The summed E-state index contributed by atoms with van der Waals surface area (Å²) in [5.74, 6) is 0. The van der Waals surface area contributed by atoms with Gasteiger partial charge in [-0.3, -0.25) is 10.1 Å². The number of nitro benzene ring substituents is 1. The number of benzene rings is 2. The first-order valence-corrected chi connectivity index (χ1v) is 6.08. The van der Waals surface area contributed by atoms with Crippen LogP contribution in [0.15, 0.2) is 48.8 Å². The third-order valence-corrected chi connectivity index (χ3v) is 3.21. The number of imidazole rings is 1. The summed E-state index contributed by atoms with van der Waals surface area (Å²) in [6.45, 7) is 0.452. The zero-order valence-electron chi connectivity index (χ0n) is 10.6. The van der Waals surface area contributed by atoms with Crippen molar-refractivity contribution in [1.82, 2.24) is 9.55 Å². The average molecular weight is 268 g/mol. The van der Waals surface area contributed by atoms with E-state index in [2.05, 4.69) is 4.98 Å². The van der Waals surface area contributed by atoms with Crippen molar-refractivity contribution in [2.75, 3.05) is 5.73 Å². The summed E-state index contributed by atoms with van der Waals surface area (Å²) in [6.07, 6.45) is 1.71. The SMILES string of the molecule is Nc1ccc([N+](=O)[O-])cc1Cn1cnc2ccccc21. The Hall–Kier alpha value is -2.89. The average Bonchev–Trinajstić information content (AvgIpc) is 2.84. The number of nitrogen functional groups attached to an aromatic ring is 1. The highest BCUT2D eigenvalue weighted by molar-refractivity contribution is 5.75. The minimum Gasteiger partial charge on any atom is -0.398 e. The normalized spacial score (nSPS) is 10.8. The molecule has 0 bridgehead atoms. The van der Waals surface area contributed by atoms with Gasteiger partial charge in [0.2, 0.25) is 0 Å². The summed E-state index contributed by atoms with van der Waals surface area (Å²) in [6, 6.07) is 12.2. The molecule has 1 aromatic heterocycles. The Morgan fingerprint density at radius 2 is 2.05 bits per heavy atom. The van der Waals surface area contributed by atoms with Gasteiger partial charge in [-0.05, 0) is 18.2 Å². The van der Waals surface area contributed by atoms with Gasteiger partial charge in [0.15, 0.2) is 0 Å². The summed E-state index contributed by atoms with van der Waals surface area (Å²) in [5, 5.41) is 10.8. The molecule has 0 radical (unpaired) electrons. The molecule has 0 saturated carbocycles. The molecule has 6 heteroatoms. The zero-order chi connectivity index (χ0) is 14.1. The number of fused-ring (bicyclic) bond motifs is 1. The molecule has 6 nitrogen and oxygen atoms in total. The number of anilines is 1. The predicted octanol–water partition coefficient (Wildman–Crippen LogP) is 2.58. The Bertz CT molecular complexity index is 795. The van der Waals surface area contributed by atoms with E-state index >= 15 is 0 Å². The van der Waals surface area contributed by atoms with Crippen molar-refractivity contribution in [3.05, 3.63) is 64.5 Å². The van der Waals surface area contributed by atoms with Crippen LogP contribution in [0.2, 0.25) is 0 Å². The fourth-order valence-electron chi connectivity index (χ4n) is 2.16. The van der Waals surface area contributed by atoms with E-state index in [1.807, 2.05) is 28.8 Å². The van der Waals surface area contributed by atoms with Crippen LogP contribution in [-0.4, -0.2) is 14.5 Å². The van der Waals surface area contributed by atoms with Gasteiger partial charge >= 0.3 is 0 Å². The smallest absolute Gasteiger partial charge is 0.269 e. The summed E-state index contributed by atoms with van der Waals surface area (Å²) in [5.41, 5.74) is 9.04. The summed E-state index contributed by atoms with van der Waals surface area (Å²) in [7, 11) is 0. The molecule has 0 aliphatic rings. The lowest BCUT2D eigenvalue weighted by Gasteiger charge is -2.07. The quantitative estimate of drug-likeness (QED) is 0.449. The van der Waals surface area contributed by atoms with Gasteiger partial charge in [0, 0.05) is 23.4 Å². The van der Waals surface area contributed by atoms with Crippen molar-refractivity contribution in [3.63, 3.8) is 0 Å². The maximum absolute atomic E-state index is 10.8. The minimum absolute atomic E-state index is 0.0404. The Balaban J connectivity index is 2.02. The first kappa shape index (κ1) is 12.2. The fourth-order valence-corrected chi connectivity index (χ4v) is 2.16. The number of hydrogen-bond acceptors (Lipinski definition) is 4. The van der Waals surface area contributed by atoms with Crippen molar-refractivity contribution in [1.29, 1.82) is 0 Å². The van der Waals surface area contributed by atoms with Crippen molar-refractivity contribution in [3.8, 4) is 0 Å². The first-order chi connectivity index (χ1) is 9.65. The lowest BCUT2D eigenvalue weighted by molar-refractivity contribution is -0.384. The molecule has 0 amide bonds. The van der Waals surface area contributed by atoms with Gasteiger partial charge in [-0.15, -0.1) is 0 Å². The molecular weight excluding hydrogens is 256 g/mol. The maximum Gasteiger partial charge on any atom is 0.269 e. The van der Waals surface area contributed by atoms with Crippen molar-refractivity contribution in [2.45, 2.75) is 6.54 Å². The Morgan fingerprint density at radius 1 is 1.25 bits per heavy atom. The molecule has 0 saturated heterocycles. The Labute approximate surface area is 114 Å². The number of para-hydroxylation sites is 2. The van der Waals surface area contributed by atoms with Crippen LogP contribution in [0.5, 0.6) is 0 Å². The Morgan fingerprint density at radius 3 is 2.85 bits per heavy atom. The third kappa shape index (κ3) is 2.07. The van der Waals surface area contributed by atoms with E-state index in [1.165, 1.54) is 12.1 Å². The van der Waals surface area contributed by atoms with Crippen LogP contribution < -0.4 is 5.73 Å². The van der Waals surface area contributed by atoms with Crippen LogP contribution in [-0.2, 0) is 6.54 Å². The molecule has 3 rings (SSSR count). The molecule has 1 heterocycles. The second-order valence-electron chi connectivity index (χ2n) is 4.50. The molecule has 0 aliphatic heterocycles. The highest BCUT2D eigenvalue weighted by atomic mass is 16.6. The largest absolute Gasteiger partial charge is 0.398 e. The topological polar surface area (TPSA) is 87.0 Å². The third-order valence-electron chi connectivity index (χ3n) is 3.21. The van der Waals surface area contributed by atoms with E-state index < -0.39 is 4.92 Å². The summed E-state index contributed by atoms with van der Waals surface area (Å²) >= 11 is 0. The van der Waals surface area contributed by atoms with E-state index in [-0.39, 0.29) is 5.69 Å². The highest BCUT2D eigenvalue weighted by Crippen LogP contribution is 2.22. The standard InChI is InChI=1S/C14H12N4O2/c15-12-6-5-11(18(19)20)7-10(12)8-17-9-16-13-3-1-2-4-14(13)17/h1-7,9H,8,15H2. The van der Waals surface area contributed by atoms with Crippen LogP contribution in [0, 0.1) is 10.1 Å². The molecule has 3 aromatic rings. The molecular formula is C14H12N4O2. The van der Waals surface area contributed by atoms with Crippen molar-refractivity contribution >= 4 is 22.4 Å². The molecule has 0 aliphatic carbocycles. The predicted molar refractivity (Wildman–Crippen MR) is 76.3 cm³/mol. The van der Waals surface area contributed by atoms with E-state index in [9.17, 15) is 10.1 Å². The molecule has 0 fully saturated rings. The van der Waals surface area contributed by atoms with Gasteiger partial charge in [0.25, 0.3) is 5.69 Å². The highest BCUT2D eigenvalue weighted by Gasteiger charge is 2.10. The van der Waals surface area contributed by atoms with E-state index in [1.54, 1.807) is 12.4 Å². The zero-order valence-corrected chi connectivity index (χ0v) is 10.6. The first-order valence-electron chi connectivity index (χ1n) is 6.08. The van der Waals surface area contributed by atoms with Gasteiger partial charge in [0.05, 0.1) is 28.8 Å². The Kier molecular flexibility index (Phi) is 2.83. The van der Waals surface area contributed by atoms with Crippen LogP contribution in [0.1, 0.15) is 5.56 Å². The van der Waals surface area contributed by atoms with E-state index in [0.717, 1.165) is 11.0 Å². The second kappa shape index (κ2) is 4.65. The van der Waals surface area contributed by atoms with Crippen molar-refractivity contribution < 1.29 is 4.92 Å². The fraction of sp³-hybridized carbons (Fsp3) is 0.0714. The monoisotopic (exact) mass is 268 g/mol. The van der Waals surface area contributed by atoms with Crippen LogP contribution >= 0.6 is 0 Å². The van der Waals surface area contributed by atoms with Gasteiger partial charge in [-0.25, -0.2) is 4.98 Å². The number of non-ortho nitro benzene ring substituents is 1. The van der Waals surface area contributed by atoms with Crippen molar-refractivity contribution in [2.24, 2.45) is 0 Å². The number of nitrogens with zero attached hydrogens (tertiary/aromatic N) is 3. The van der Waals surface area contributed by atoms with Gasteiger partial charge in [-0.1, -0.05) is 12.1 Å². The maximum atomic E-state index is 10.8. The van der Waals surface area contributed by atoms with Gasteiger partial charge in [-0.2, -0.15) is 0 Å². The van der Waals surface area contributed by atoms with Crippen LogP contribution in [0.4, 0.5) is 11.4 Å².